The van der Waals surface area contributed by atoms with Gasteiger partial charge < -0.3 is 15.1 Å². The Balaban J connectivity index is 1.34. The Hall–Kier alpha value is -3.07. The molecule has 2 aliphatic heterocycles. The van der Waals surface area contributed by atoms with Gasteiger partial charge in [-0.1, -0.05) is 42.3 Å². The summed E-state index contributed by atoms with van der Waals surface area (Å²) in [6.07, 6.45) is 4.75. The molecular formula is C32H40N6S2. The number of hydrogen-bond donors (Lipinski definition) is 2. The number of thiazole rings is 1. The van der Waals surface area contributed by atoms with Crippen LogP contribution in [0.2, 0.25) is 0 Å². The molecule has 3 aromatic rings. The Bertz CT molecular complexity index is 1610. The molecule has 2 N–H and O–H groups in total. The van der Waals surface area contributed by atoms with Crippen molar-refractivity contribution in [2.24, 2.45) is 5.92 Å². The zero-order valence-electron chi connectivity index (χ0n) is 24.1. The topological polar surface area (TPSA) is 56.3 Å². The molecule has 210 valence electrons. The van der Waals surface area contributed by atoms with Gasteiger partial charge in [0.1, 0.15) is 11.6 Å². The second-order valence-corrected chi connectivity index (χ2v) is 15.1. The number of benzene rings is 1. The highest BCUT2D eigenvalue weighted by Gasteiger charge is 2.37. The molecule has 1 saturated carbocycles. The first-order chi connectivity index (χ1) is 19.1. The van der Waals surface area contributed by atoms with Crippen molar-refractivity contribution in [3.05, 3.63) is 66.0 Å². The fraction of sp³-hybridized carbons (Fsp3) is 0.375. The van der Waals surface area contributed by atoms with E-state index in [0.717, 1.165) is 74.5 Å². The number of fused-ring (bicyclic) bond motifs is 1. The maximum absolute atomic E-state index is 4.90. The molecule has 1 aromatic carbocycles. The van der Waals surface area contributed by atoms with E-state index in [0.29, 0.717) is 12.1 Å². The van der Waals surface area contributed by atoms with Crippen LogP contribution in [0.5, 0.6) is 0 Å². The van der Waals surface area contributed by atoms with Crippen molar-refractivity contribution in [1.82, 2.24) is 19.6 Å². The SMILES string of the molecule is C=C1c2c(cc(-c3sc(Nc4cccc(N5C(=C)CC[C@@H]5C)n4)nc3C)cc2S(=C)(=C)NC)CN1C(C)C1CC1. The first-order valence-corrected chi connectivity index (χ1v) is 16.9. The van der Waals surface area contributed by atoms with Crippen molar-refractivity contribution >= 4 is 54.9 Å². The highest BCUT2D eigenvalue weighted by atomic mass is 32.2. The molecule has 1 unspecified atom stereocenters. The summed E-state index contributed by atoms with van der Waals surface area (Å²) in [5.74, 6) is 11.5. The van der Waals surface area contributed by atoms with Crippen LogP contribution < -0.4 is 14.9 Å². The van der Waals surface area contributed by atoms with Gasteiger partial charge in [0.25, 0.3) is 0 Å². The molecule has 6 rings (SSSR count). The monoisotopic (exact) mass is 572 g/mol. The Labute approximate surface area is 243 Å². The third-order valence-electron chi connectivity index (χ3n) is 8.67. The summed E-state index contributed by atoms with van der Waals surface area (Å²) in [6.45, 7) is 16.3. The highest BCUT2D eigenvalue weighted by molar-refractivity contribution is 8.26. The van der Waals surface area contributed by atoms with E-state index >= 15 is 0 Å². The van der Waals surface area contributed by atoms with E-state index in [1.165, 1.54) is 24.0 Å². The van der Waals surface area contributed by atoms with E-state index in [2.05, 4.69) is 83.7 Å². The Morgan fingerprint density at radius 1 is 1.12 bits per heavy atom. The minimum atomic E-state index is -1.71. The van der Waals surface area contributed by atoms with Gasteiger partial charge in [0.05, 0.1) is 10.6 Å². The van der Waals surface area contributed by atoms with Gasteiger partial charge in [-0.05, 0) is 94.8 Å². The van der Waals surface area contributed by atoms with Crippen LogP contribution in [-0.4, -0.2) is 45.7 Å². The third-order valence-corrected chi connectivity index (χ3v) is 11.7. The Morgan fingerprint density at radius 3 is 2.58 bits per heavy atom. The average molecular weight is 573 g/mol. The van der Waals surface area contributed by atoms with Gasteiger partial charge in [0, 0.05) is 40.5 Å². The lowest BCUT2D eigenvalue weighted by atomic mass is 10.0. The fourth-order valence-corrected chi connectivity index (χ4v) is 8.27. The molecule has 0 bridgehead atoms. The molecule has 40 heavy (non-hydrogen) atoms. The molecule has 8 heteroatoms. The number of aromatic nitrogens is 2. The summed E-state index contributed by atoms with van der Waals surface area (Å²) < 4.78 is 3.41. The highest BCUT2D eigenvalue weighted by Crippen LogP contribution is 2.48. The van der Waals surface area contributed by atoms with Crippen LogP contribution in [0.15, 0.2) is 54.1 Å². The van der Waals surface area contributed by atoms with Crippen LogP contribution in [0.1, 0.15) is 56.4 Å². The lowest BCUT2D eigenvalue weighted by molar-refractivity contribution is 0.290. The van der Waals surface area contributed by atoms with Gasteiger partial charge in [-0.2, -0.15) is 0 Å². The van der Waals surface area contributed by atoms with Crippen LogP contribution in [0.25, 0.3) is 16.1 Å². The predicted molar refractivity (Wildman–Crippen MR) is 176 cm³/mol. The van der Waals surface area contributed by atoms with Crippen molar-refractivity contribution in [3.63, 3.8) is 0 Å². The van der Waals surface area contributed by atoms with Crippen molar-refractivity contribution in [2.75, 3.05) is 17.3 Å². The normalized spacial score (nSPS) is 19.9. The van der Waals surface area contributed by atoms with Gasteiger partial charge in [-0.15, -0.1) is 9.39 Å². The van der Waals surface area contributed by atoms with Gasteiger partial charge >= 0.3 is 0 Å². The summed E-state index contributed by atoms with van der Waals surface area (Å²) in [7, 11) is 0.246. The van der Waals surface area contributed by atoms with Gasteiger partial charge in [-0.3, -0.25) is 4.72 Å². The smallest absolute Gasteiger partial charge is 0.189 e. The number of nitrogens with zero attached hydrogens (tertiary/aromatic N) is 4. The van der Waals surface area contributed by atoms with E-state index in [4.69, 9.17) is 9.97 Å². The Kier molecular flexibility index (Phi) is 6.84. The Morgan fingerprint density at radius 2 is 1.90 bits per heavy atom. The van der Waals surface area contributed by atoms with Crippen LogP contribution in [0.3, 0.4) is 0 Å². The van der Waals surface area contributed by atoms with E-state index in [1.54, 1.807) is 11.3 Å². The summed E-state index contributed by atoms with van der Waals surface area (Å²) in [6, 6.07) is 11.6. The van der Waals surface area contributed by atoms with Crippen molar-refractivity contribution in [1.29, 1.82) is 0 Å². The number of aryl methyl sites for hydroxylation is 1. The first-order valence-electron chi connectivity index (χ1n) is 14.1. The van der Waals surface area contributed by atoms with Crippen molar-refractivity contribution in [3.8, 4) is 10.4 Å². The second kappa shape index (κ2) is 10.1. The number of allylic oxidation sites excluding steroid dienone is 1. The van der Waals surface area contributed by atoms with E-state index in [-0.39, 0.29) is 0 Å². The molecule has 0 spiro atoms. The summed E-state index contributed by atoms with van der Waals surface area (Å²) >= 11 is 1.66. The second-order valence-electron chi connectivity index (χ2n) is 11.5. The fourth-order valence-electron chi connectivity index (χ4n) is 6.10. The van der Waals surface area contributed by atoms with Crippen molar-refractivity contribution in [2.45, 2.75) is 70.0 Å². The third kappa shape index (κ3) is 4.76. The molecular weight excluding hydrogens is 533 g/mol. The molecule has 6 nitrogen and oxygen atoms in total. The number of anilines is 3. The van der Waals surface area contributed by atoms with E-state index < -0.39 is 9.39 Å². The van der Waals surface area contributed by atoms with Crippen LogP contribution in [0, 0.1) is 12.8 Å². The maximum Gasteiger partial charge on any atom is 0.189 e. The van der Waals surface area contributed by atoms with E-state index in [9.17, 15) is 0 Å². The van der Waals surface area contributed by atoms with Crippen molar-refractivity contribution < 1.29 is 0 Å². The standard InChI is InChI=1S/C32H40N6S2/c1-19-12-13-20(2)38(19)29-11-9-10-28(35-29)36-32-34-21(3)31(39-32)25-16-26-18-37(22(4)24-14-15-24)23(5)30(26)27(17-25)40(7,8)33-6/h9-11,16-17,20,22,24,33H,1,5,7-8,12-15,18H2,2-4,6H3,(H,34,35,36)/t20-,22?/m0/s1. The lowest BCUT2D eigenvalue weighted by Gasteiger charge is -2.28. The van der Waals surface area contributed by atoms with Gasteiger partial charge in [-0.25, -0.2) is 9.97 Å². The number of rotatable bonds is 8. The molecule has 0 radical (unpaired) electrons. The summed E-state index contributed by atoms with van der Waals surface area (Å²) in [5, 5.41) is 4.30. The molecule has 3 aliphatic rings. The molecule has 2 fully saturated rings. The van der Waals surface area contributed by atoms with Crippen LogP contribution in [-0.2, 0) is 6.54 Å². The zero-order chi connectivity index (χ0) is 28.3. The van der Waals surface area contributed by atoms with E-state index in [1.807, 2.05) is 19.2 Å². The summed E-state index contributed by atoms with van der Waals surface area (Å²) in [5.41, 5.74) is 6.93. The molecule has 0 amide bonds. The number of hydrogen-bond acceptors (Lipinski definition) is 7. The average Bonchev–Trinajstić information content (AvgIpc) is 3.54. The maximum atomic E-state index is 4.90. The summed E-state index contributed by atoms with van der Waals surface area (Å²) in [4.78, 5) is 16.8. The van der Waals surface area contributed by atoms with Gasteiger partial charge in [0.2, 0.25) is 0 Å². The van der Waals surface area contributed by atoms with Crippen LogP contribution >= 0.6 is 20.7 Å². The molecule has 2 atom stereocenters. The number of nitrogens with one attached hydrogen (secondary N) is 2. The van der Waals surface area contributed by atoms with Crippen LogP contribution in [0.4, 0.5) is 16.8 Å². The minimum Gasteiger partial charge on any atom is -0.364 e. The minimum absolute atomic E-state index is 0.408. The molecule has 2 aromatic heterocycles. The molecule has 1 aliphatic carbocycles. The quantitative estimate of drug-likeness (QED) is 0.273. The van der Waals surface area contributed by atoms with Gasteiger partial charge in [0.15, 0.2) is 5.13 Å². The zero-order valence-corrected chi connectivity index (χ0v) is 25.7. The number of pyridine rings is 1. The first kappa shape index (κ1) is 27.1. The largest absolute Gasteiger partial charge is 0.364 e. The molecule has 1 saturated heterocycles. The predicted octanol–water partition coefficient (Wildman–Crippen LogP) is 7.51. The lowest BCUT2D eigenvalue weighted by Crippen LogP contribution is -2.28. The molecule has 4 heterocycles.